The summed E-state index contributed by atoms with van der Waals surface area (Å²) in [5.74, 6) is -0.573. The van der Waals surface area contributed by atoms with Crippen LogP contribution in [0, 0.1) is 6.92 Å². The van der Waals surface area contributed by atoms with Crippen molar-refractivity contribution in [3.63, 3.8) is 0 Å². The Bertz CT molecular complexity index is 927. The van der Waals surface area contributed by atoms with E-state index in [1.165, 1.54) is 18.9 Å². The van der Waals surface area contributed by atoms with Gasteiger partial charge in [-0.15, -0.1) is 0 Å². The lowest BCUT2D eigenvalue weighted by molar-refractivity contribution is -0.166. The smallest absolute Gasteiger partial charge is 0.351 e. The van der Waals surface area contributed by atoms with Crippen molar-refractivity contribution < 1.29 is 28.6 Å². The van der Waals surface area contributed by atoms with Crippen LogP contribution < -0.4 is 14.8 Å². The number of para-hydroxylation sites is 2. The largest absolute Gasteiger partial charge is 0.485 e. The Balaban J connectivity index is 1.49. The van der Waals surface area contributed by atoms with E-state index in [0.717, 1.165) is 5.56 Å². The Morgan fingerprint density at radius 2 is 1.80 bits per heavy atom. The average molecular weight is 412 g/mol. The second kappa shape index (κ2) is 9.30. The number of fused-ring (bicyclic) bond motifs is 1. The molecule has 8 heteroatoms. The van der Waals surface area contributed by atoms with Gasteiger partial charge in [-0.2, -0.15) is 0 Å². The molecule has 8 nitrogen and oxygen atoms in total. The molecule has 2 atom stereocenters. The molecule has 0 spiro atoms. The van der Waals surface area contributed by atoms with Crippen LogP contribution in [0.4, 0.5) is 5.69 Å². The minimum atomic E-state index is -1.07. The molecular formula is C22H24N2O6. The molecule has 1 heterocycles. The lowest BCUT2D eigenvalue weighted by atomic mass is 10.2. The first-order valence-corrected chi connectivity index (χ1v) is 9.54. The van der Waals surface area contributed by atoms with E-state index in [1.807, 2.05) is 19.1 Å². The van der Waals surface area contributed by atoms with Crippen molar-refractivity contribution in [2.45, 2.75) is 26.1 Å². The van der Waals surface area contributed by atoms with Crippen LogP contribution in [0.15, 0.2) is 48.5 Å². The minimum Gasteiger partial charge on any atom is -0.485 e. The molecule has 0 radical (unpaired) electrons. The van der Waals surface area contributed by atoms with E-state index in [1.54, 1.807) is 36.4 Å². The zero-order valence-corrected chi connectivity index (χ0v) is 17.1. The van der Waals surface area contributed by atoms with Crippen LogP contribution in [0.25, 0.3) is 0 Å². The lowest BCUT2D eigenvalue weighted by Crippen LogP contribution is -2.44. The number of amides is 2. The van der Waals surface area contributed by atoms with Crippen LogP contribution in [0.2, 0.25) is 0 Å². The summed E-state index contributed by atoms with van der Waals surface area (Å²) in [5.41, 5.74) is 1.72. The molecular weight excluding hydrogens is 388 g/mol. The molecule has 0 saturated carbocycles. The Labute approximate surface area is 174 Å². The maximum absolute atomic E-state index is 12.5. The van der Waals surface area contributed by atoms with Gasteiger partial charge < -0.3 is 24.4 Å². The summed E-state index contributed by atoms with van der Waals surface area (Å²) in [6, 6.07) is 14.3. The Kier molecular flexibility index (Phi) is 6.56. The maximum atomic E-state index is 12.5. The van der Waals surface area contributed by atoms with E-state index in [4.69, 9.17) is 14.2 Å². The summed E-state index contributed by atoms with van der Waals surface area (Å²) < 4.78 is 16.3. The molecule has 0 aromatic heterocycles. The molecule has 1 N–H and O–H groups in total. The van der Waals surface area contributed by atoms with Gasteiger partial charge >= 0.3 is 5.97 Å². The van der Waals surface area contributed by atoms with Gasteiger partial charge in [0.15, 0.2) is 17.6 Å². The van der Waals surface area contributed by atoms with E-state index in [0.29, 0.717) is 17.2 Å². The van der Waals surface area contributed by atoms with Crippen LogP contribution in [-0.4, -0.2) is 55.1 Å². The number of nitrogens with one attached hydrogen (secondary N) is 1. The second-order valence-corrected chi connectivity index (χ2v) is 7.05. The topological polar surface area (TPSA) is 94.2 Å². The summed E-state index contributed by atoms with van der Waals surface area (Å²) in [6.07, 6.45) is -2.04. The van der Waals surface area contributed by atoms with Gasteiger partial charge in [0, 0.05) is 12.7 Å². The predicted molar refractivity (Wildman–Crippen MR) is 109 cm³/mol. The minimum absolute atomic E-state index is 0.00838. The highest BCUT2D eigenvalue weighted by Crippen LogP contribution is 2.31. The first kappa shape index (κ1) is 21.2. The molecule has 0 bridgehead atoms. The van der Waals surface area contributed by atoms with Crippen molar-refractivity contribution >= 4 is 23.5 Å². The molecule has 1 aliphatic heterocycles. The summed E-state index contributed by atoms with van der Waals surface area (Å²) in [7, 11) is 1.47. The first-order valence-electron chi connectivity index (χ1n) is 9.54. The van der Waals surface area contributed by atoms with Crippen molar-refractivity contribution in [2.24, 2.45) is 0 Å². The quantitative estimate of drug-likeness (QED) is 0.731. The molecule has 0 aliphatic carbocycles. The van der Waals surface area contributed by atoms with Crippen molar-refractivity contribution in [3.05, 3.63) is 54.1 Å². The van der Waals surface area contributed by atoms with Gasteiger partial charge in [-0.05, 0) is 38.1 Å². The zero-order chi connectivity index (χ0) is 21.7. The van der Waals surface area contributed by atoms with E-state index in [-0.39, 0.29) is 19.1 Å². The SMILES string of the molecule is Cc1ccc(NC(=O)CN(C)C(=O)[C@@H](C)OC(=O)[C@H]2COc3ccccc3O2)cc1. The Morgan fingerprint density at radius 3 is 2.50 bits per heavy atom. The number of anilines is 1. The van der Waals surface area contributed by atoms with Crippen LogP contribution >= 0.6 is 0 Å². The summed E-state index contributed by atoms with van der Waals surface area (Å²) in [6.45, 7) is 3.22. The number of rotatable bonds is 6. The van der Waals surface area contributed by atoms with Crippen LogP contribution in [0.5, 0.6) is 11.5 Å². The number of nitrogens with zero attached hydrogens (tertiary/aromatic N) is 1. The number of hydrogen-bond donors (Lipinski definition) is 1. The monoisotopic (exact) mass is 412 g/mol. The number of hydrogen-bond acceptors (Lipinski definition) is 6. The maximum Gasteiger partial charge on any atom is 0.351 e. The second-order valence-electron chi connectivity index (χ2n) is 7.05. The van der Waals surface area contributed by atoms with Gasteiger partial charge in [-0.3, -0.25) is 9.59 Å². The number of ether oxygens (including phenoxy) is 3. The average Bonchev–Trinajstić information content (AvgIpc) is 2.74. The van der Waals surface area contributed by atoms with Crippen LogP contribution in [0.1, 0.15) is 12.5 Å². The van der Waals surface area contributed by atoms with Gasteiger partial charge in [0.25, 0.3) is 5.91 Å². The zero-order valence-electron chi connectivity index (χ0n) is 17.1. The predicted octanol–water partition coefficient (Wildman–Crippen LogP) is 2.16. The normalized spacial score (nSPS) is 15.6. The van der Waals surface area contributed by atoms with Gasteiger partial charge in [0.1, 0.15) is 6.61 Å². The highest BCUT2D eigenvalue weighted by Gasteiger charge is 2.32. The van der Waals surface area contributed by atoms with Crippen molar-refractivity contribution in [1.29, 1.82) is 0 Å². The lowest BCUT2D eigenvalue weighted by Gasteiger charge is -2.27. The molecule has 2 aromatic rings. The third kappa shape index (κ3) is 5.28. The fourth-order valence-electron chi connectivity index (χ4n) is 2.88. The summed E-state index contributed by atoms with van der Waals surface area (Å²) >= 11 is 0. The molecule has 0 unspecified atom stereocenters. The van der Waals surface area contributed by atoms with Crippen molar-refractivity contribution in [2.75, 3.05) is 25.5 Å². The first-order chi connectivity index (χ1) is 14.3. The molecule has 30 heavy (non-hydrogen) atoms. The molecule has 1 aliphatic rings. The molecule has 3 rings (SSSR count). The molecule has 2 amide bonds. The van der Waals surface area contributed by atoms with E-state index in [2.05, 4.69) is 5.32 Å². The summed E-state index contributed by atoms with van der Waals surface area (Å²) in [4.78, 5) is 38.2. The number of carbonyl (C=O) groups is 3. The van der Waals surface area contributed by atoms with Gasteiger partial charge in [0.05, 0.1) is 6.54 Å². The molecule has 0 saturated heterocycles. The number of carbonyl (C=O) groups excluding carboxylic acids is 3. The van der Waals surface area contributed by atoms with E-state index in [9.17, 15) is 14.4 Å². The third-order valence-corrected chi connectivity index (χ3v) is 4.50. The number of esters is 1. The molecule has 2 aromatic carbocycles. The van der Waals surface area contributed by atoms with Crippen LogP contribution in [0.3, 0.4) is 0 Å². The Morgan fingerprint density at radius 1 is 1.13 bits per heavy atom. The molecule has 0 fully saturated rings. The Hall–Kier alpha value is -3.55. The van der Waals surface area contributed by atoms with Gasteiger partial charge in [-0.1, -0.05) is 29.8 Å². The fourth-order valence-corrected chi connectivity index (χ4v) is 2.88. The van der Waals surface area contributed by atoms with Crippen molar-refractivity contribution in [1.82, 2.24) is 4.90 Å². The fraction of sp³-hybridized carbons (Fsp3) is 0.318. The van der Waals surface area contributed by atoms with E-state index < -0.39 is 24.1 Å². The standard InChI is InChI=1S/C22H24N2O6/c1-14-8-10-16(11-9-14)23-20(25)12-24(3)21(26)15(2)29-22(27)19-13-28-17-6-4-5-7-18(17)30-19/h4-11,15,19H,12-13H2,1-3H3,(H,23,25)/t15-,19-/m1/s1. The number of benzene rings is 2. The highest BCUT2D eigenvalue weighted by atomic mass is 16.6. The summed E-state index contributed by atoms with van der Waals surface area (Å²) in [5, 5.41) is 2.72. The molecule has 158 valence electrons. The number of aryl methyl sites for hydroxylation is 1. The number of likely N-dealkylation sites (N-methyl/N-ethyl adjacent to an activating group) is 1. The van der Waals surface area contributed by atoms with Crippen molar-refractivity contribution in [3.8, 4) is 11.5 Å². The highest BCUT2D eigenvalue weighted by molar-refractivity contribution is 5.95. The third-order valence-electron chi connectivity index (χ3n) is 4.50. The van der Waals surface area contributed by atoms with Crippen LogP contribution in [-0.2, 0) is 19.1 Å². The van der Waals surface area contributed by atoms with E-state index >= 15 is 0 Å². The van der Waals surface area contributed by atoms with Gasteiger partial charge in [-0.25, -0.2) is 4.79 Å². The van der Waals surface area contributed by atoms with Gasteiger partial charge in [0.2, 0.25) is 12.0 Å².